The van der Waals surface area contributed by atoms with Crippen molar-refractivity contribution < 1.29 is 14.3 Å². The molecule has 2 aromatic rings. The zero-order valence-corrected chi connectivity index (χ0v) is 17.0. The summed E-state index contributed by atoms with van der Waals surface area (Å²) in [5.74, 6) is -0.779. The van der Waals surface area contributed by atoms with E-state index in [4.69, 9.17) is 27.9 Å². The fourth-order valence-electron chi connectivity index (χ4n) is 2.47. The van der Waals surface area contributed by atoms with E-state index in [1.54, 1.807) is 31.2 Å². The Hall–Kier alpha value is -1.82. The lowest BCUT2D eigenvalue weighted by Gasteiger charge is -2.06. The third-order valence-corrected chi connectivity index (χ3v) is 5.28. The molecule has 0 aliphatic rings. The van der Waals surface area contributed by atoms with Crippen LogP contribution in [-0.4, -0.2) is 18.5 Å². The van der Waals surface area contributed by atoms with Crippen LogP contribution in [0.25, 0.3) is 6.08 Å². The van der Waals surface area contributed by atoms with Crippen LogP contribution in [0.2, 0.25) is 10.0 Å². The van der Waals surface area contributed by atoms with Crippen LogP contribution in [0.15, 0.2) is 24.3 Å². The quantitative estimate of drug-likeness (QED) is 0.485. The molecule has 138 valence electrons. The molecule has 0 fully saturated rings. The van der Waals surface area contributed by atoms with Gasteiger partial charge in [0.25, 0.3) is 0 Å². The average Bonchev–Trinajstić information content (AvgIpc) is 2.89. The highest BCUT2D eigenvalue weighted by Crippen LogP contribution is 2.34. The standard InChI is InChI=1S/C19H19Cl2NO3S/c1-4-14-11(3)26-18(17(14)19(24)25-5-2)22-16(23)9-7-12-6-8-13(20)10-15(12)21/h6-10H,4-5H2,1-3H3,(H,22,23)/b9-7+. The lowest BCUT2D eigenvalue weighted by Crippen LogP contribution is -2.13. The Bertz CT molecular complexity index is 859. The molecule has 7 heteroatoms. The maximum Gasteiger partial charge on any atom is 0.341 e. The predicted octanol–water partition coefficient (Wildman–Crippen LogP) is 5.75. The Labute approximate surface area is 166 Å². The first-order valence-electron chi connectivity index (χ1n) is 8.10. The minimum atomic E-state index is -0.422. The van der Waals surface area contributed by atoms with E-state index >= 15 is 0 Å². The Morgan fingerprint density at radius 3 is 2.62 bits per heavy atom. The molecule has 0 unspecified atom stereocenters. The van der Waals surface area contributed by atoms with Gasteiger partial charge in [-0.2, -0.15) is 0 Å². The number of ether oxygens (including phenoxy) is 1. The van der Waals surface area contributed by atoms with Crippen LogP contribution in [-0.2, 0) is 16.0 Å². The van der Waals surface area contributed by atoms with Crippen molar-refractivity contribution in [3.63, 3.8) is 0 Å². The number of hydrogen-bond acceptors (Lipinski definition) is 4. The molecule has 2 rings (SSSR count). The number of rotatable bonds is 6. The number of carbonyl (C=O) groups is 2. The first-order valence-corrected chi connectivity index (χ1v) is 9.68. The van der Waals surface area contributed by atoms with E-state index in [0.29, 0.717) is 32.6 Å². The second-order valence-corrected chi connectivity index (χ2v) is 7.47. The molecule has 0 spiro atoms. The largest absolute Gasteiger partial charge is 0.462 e. The second-order valence-electron chi connectivity index (χ2n) is 5.40. The van der Waals surface area contributed by atoms with E-state index in [0.717, 1.165) is 10.4 Å². The molecule has 1 aromatic carbocycles. The number of carbonyl (C=O) groups excluding carboxylic acids is 2. The van der Waals surface area contributed by atoms with Gasteiger partial charge in [-0.15, -0.1) is 11.3 Å². The Morgan fingerprint density at radius 2 is 2.00 bits per heavy atom. The summed E-state index contributed by atoms with van der Waals surface area (Å²) in [5, 5.41) is 4.24. The molecule has 1 aromatic heterocycles. The van der Waals surface area contributed by atoms with Crippen molar-refractivity contribution in [1.29, 1.82) is 0 Å². The first-order chi connectivity index (χ1) is 12.4. The van der Waals surface area contributed by atoms with Crippen LogP contribution in [0.3, 0.4) is 0 Å². The average molecular weight is 412 g/mol. The van der Waals surface area contributed by atoms with Crippen molar-refractivity contribution >= 4 is 57.5 Å². The van der Waals surface area contributed by atoms with Gasteiger partial charge in [0.1, 0.15) is 5.00 Å². The summed E-state index contributed by atoms with van der Waals surface area (Å²) in [4.78, 5) is 25.6. The number of aryl methyl sites for hydroxylation is 1. The van der Waals surface area contributed by atoms with Crippen molar-refractivity contribution in [2.45, 2.75) is 27.2 Å². The minimum absolute atomic E-state index is 0.277. The van der Waals surface area contributed by atoms with Gasteiger partial charge in [-0.25, -0.2) is 4.79 Å². The van der Waals surface area contributed by atoms with Crippen LogP contribution in [0.5, 0.6) is 0 Å². The summed E-state index contributed by atoms with van der Waals surface area (Å²) in [6.45, 7) is 5.91. The monoisotopic (exact) mass is 411 g/mol. The predicted molar refractivity (Wildman–Crippen MR) is 109 cm³/mol. The molecule has 1 heterocycles. The first kappa shape index (κ1) is 20.5. The molecule has 1 N–H and O–H groups in total. The summed E-state index contributed by atoms with van der Waals surface area (Å²) in [6, 6.07) is 5.03. The van der Waals surface area contributed by atoms with Gasteiger partial charge in [-0.1, -0.05) is 36.2 Å². The van der Waals surface area contributed by atoms with Crippen molar-refractivity contribution in [2.24, 2.45) is 0 Å². The molecule has 26 heavy (non-hydrogen) atoms. The number of nitrogens with one attached hydrogen (secondary N) is 1. The highest BCUT2D eigenvalue weighted by Gasteiger charge is 2.22. The van der Waals surface area contributed by atoms with Gasteiger partial charge in [-0.3, -0.25) is 4.79 Å². The van der Waals surface area contributed by atoms with E-state index in [2.05, 4.69) is 5.32 Å². The molecular formula is C19H19Cl2NO3S. The van der Waals surface area contributed by atoms with Gasteiger partial charge in [0, 0.05) is 21.0 Å². The molecule has 1 amide bonds. The normalized spacial score (nSPS) is 11.0. The number of hydrogen-bond donors (Lipinski definition) is 1. The molecule has 0 aliphatic carbocycles. The van der Waals surface area contributed by atoms with E-state index in [1.807, 2.05) is 13.8 Å². The van der Waals surface area contributed by atoms with E-state index in [9.17, 15) is 9.59 Å². The third-order valence-electron chi connectivity index (χ3n) is 3.66. The highest BCUT2D eigenvalue weighted by atomic mass is 35.5. The molecule has 0 bridgehead atoms. The zero-order chi connectivity index (χ0) is 19.3. The number of anilines is 1. The van der Waals surface area contributed by atoms with E-state index < -0.39 is 5.97 Å². The second kappa shape index (κ2) is 9.21. The lowest BCUT2D eigenvalue weighted by molar-refractivity contribution is -0.111. The van der Waals surface area contributed by atoms with Crippen molar-refractivity contribution in [3.05, 3.63) is 55.9 Å². The zero-order valence-electron chi connectivity index (χ0n) is 14.7. The van der Waals surface area contributed by atoms with Crippen LogP contribution in [0.1, 0.15) is 40.2 Å². The number of benzene rings is 1. The third kappa shape index (κ3) is 4.87. The molecule has 0 atom stereocenters. The smallest absolute Gasteiger partial charge is 0.341 e. The highest BCUT2D eigenvalue weighted by molar-refractivity contribution is 7.16. The topological polar surface area (TPSA) is 55.4 Å². The number of esters is 1. The maximum atomic E-state index is 12.3. The summed E-state index contributed by atoms with van der Waals surface area (Å²) in [6.07, 6.45) is 3.65. The van der Waals surface area contributed by atoms with Crippen molar-refractivity contribution in [2.75, 3.05) is 11.9 Å². The molecule has 0 aliphatic heterocycles. The number of thiophene rings is 1. The molecular weight excluding hydrogens is 393 g/mol. The molecule has 0 radical (unpaired) electrons. The maximum absolute atomic E-state index is 12.3. The lowest BCUT2D eigenvalue weighted by atomic mass is 10.1. The Balaban J connectivity index is 2.23. The SMILES string of the molecule is CCOC(=O)c1c(NC(=O)/C=C/c2ccc(Cl)cc2Cl)sc(C)c1CC. The van der Waals surface area contributed by atoms with Gasteiger partial charge in [0.2, 0.25) is 5.91 Å². The van der Waals surface area contributed by atoms with Gasteiger partial charge in [0.15, 0.2) is 0 Å². The van der Waals surface area contributed by atoms with E-state index in [-0.39, 0.29) is 12.5 Å². The molecule has 4 nitrogen and oxygen atoms in total. The summed E-state index contributed by atoms with van der Waals surface area (Å²) in [5.41, 5.74) is 2.00. The summed E-state index contributed by atoms with van der Waals surface area (Å²) < 4.78 is 5.13. The fraction of sp³-hybridized carbons (Fsp3) is 0.263. The van der Waals surface area contributed by atoms with Gasteiger partial charge in [-0.05, 0) is 49.6 Å². The number of halogens is 2. The van der Waals surface area contributed by atoms with Gasteiger partial charge < -0.3 is 10.1 Å². The Morgan fingerprint density at radius 1 is 1.27 bits per heavy atom. The fourth-order valence-corrected chi connectivity index (χ4v) is 4.07. The van der Waals surface area contributed by atoms with Crippen LogP contribution < -0.4 is 5.32 Å². The summed E-state index contributed by atoms with van der Waals surface area (Å²) in [7, 11) is 0. The van der Waals surface area contributed by atoms with Crippen LogP contribution >= 0.6 is 34.5 Å². The van der Waals surface area contributed by atoms with Crippen molar-refractivity contribution in [1.82, 2.24) is 0 Å². The molecule has 0 saturated carbocycles. The Kier molecular flexibility index (Phi) is 7.26. The molecule has 0 saturated heterocycles. The van der Waals surface area contributed by atoms with Crippen LogP contribution in [0, 0.1) is 6.92 Å². The van der Waals surface area contributed by atoms with Crippen LogP contribution in [0.4, 0.5) is 5.00 Å². The number of amides is 1. The van der Waals surface area contributed by atoms with Gasteiger partial charge in [0.05, 0.1) is 12.2 Å². The minimum Gasteiger partial charge on any atom is -0.462 e. The van der Waals surface area contributed by atoms with Crippen molar-refractivity contribution in [3.8, 4) is 0 Å². The summed E-state index contributed by atoms with van der Waals surface area (Å²) >= 11 is 13.3. The van der Waals surface area contributed by atoms with E-state index in [1.165, 1.54) is 17.4 Å². The van der Waals surface area contributed by atoms with Gasteiger partial charge >= 0.3 is 5.97 Å².